The molecule has 0 amide bonds. The summed E-state index contributed by atoms with van der Waals surface area (Å²) in [6.45, 7) is 0. The van der Waals surface area contributed by atoms with Crippen molar-refractivity contribution in [3.05, 3.63) is 47.9 Å². The predicted molar refractivity (Wildman–Crippen MR) is 91.5 cm³/mol. The number of aryl methyl sites for hydroxylation is 1. The van der Waals surface area contributed by atoms with Crippen LogP contribution in [0, 0.1) is 11.3 Å². The molecule has 1 aromatic carbocycles. The highest BCUT2D eigenvalue weighted by Crippen LogP contribution is 2.29. The van der Waals surface area contributed by atoms with Gasteiger partial charge in [-0.25, -0.2) is 9.97 Å². The fourth-order valence-corrected chi connectivity index (χ4v) is 2.52. The van der Waals surface area contributed by atoms with E-state index in [0.29, 0.717) is 28.5 Å². The van der Waals surface area contributed by atoms with Crippen molar-refractivity contribution < 1.29 is 9.47 Å². The van der Waals surface area contributed by atoms with E-state index in [1.54, 1.807) is 32.6 Å². The quantitative estimate of drug-likeness (QED) is 0.691. The summed E-state index contributed by atoms with van der Waals surface area (Å²) in [6.07, 6.45) is 3.45. The molecule has 0 aliphatic rings. The van der Waals surface area contributed by atoms with Crippen LogP contribution in [-0.4, -0.2) is 28.8 Å². The van der Waals surface area contributed by atoms with Gasteiger partial charge < -0.3 is 14.0 Å². The smallest absolute Gasteiger partial charge is 0.178 e. The first-order valence-electron chi connectivity index (χ1n) is 7.29. The van der Waals surface area contributed by atoms with Crippen LogP contribution in [0.25, 0.3) is 22.8 Å². The summed E-state index contributed by atoms with van der Waals surface area (Å²) in [5.41, 5.74) is 2.76. The number of fused-ring (bicyclic) bond motifs is 1. The fourth-order valence-electron chi connectivity index (χ4n) is 2.52. The van der Waals surface area contributed by atoms with Crippen molar-refractivity contribution in [3.63, 3.8) is 0 Å². The molecule has 0 radical (unpaired) electrons. The second-order valence-corrected chi connectivity index (χ2v) is 5.12. The van der Waals surface area contributed by atoms with Crippen molar-refractivity contribution in [2.24, 2.45) is 7.05 Å². The number of pyridine rings is 1. The minimum atomic E-state index is 0.447. The van der Waals surface area contributed by atoms with Gasteiger partial charge in [-0.1, -0.05) is 6.07 Å². The summed E-state index contributed by atoms with van der Waals surface area (Å²) in [5, 5.41) is 9.57. The Morgan fingerprint density at radius 1 is 1.21 bits per heavy atom. The van der Waals surface area contributed by atoms with Crippen LogP contribution in [0.1, 0.15) is 11.4 Å². The summed E-state index contributed by atoms with van der Waals surface area (Å²) >= 11 is 0. The number of ether oxygens (including phenoxy) is 2. The van der Waals surface area contributed by atoms with Crippen LogP contribution in [0.4, 0.5) is 0 Å². The molecule has 3 aromatic rings. The Morgan fingerprint density at radius 3 is 2.67 bits per heavy atom. The molecular weight excluding hydrogens is 304 g/mol. The van der Waals surface area contributed by atoms with Crippen molar-refractivity contribution in [3.8, 4) is 17.6 Å². The molecule has 0 unspecified atom stereocenters. The number of imidazole rings is 1. The molecule has 0 atom stereocenters. The number of nitrogens with zero attached hydrogens (tertiary/aromatic N) is 4. The lowest BCUT2D eigenvalue weighted by Gasteiger charge is -2.08. The maximum absolute atomic E-state index is 9.57. The lowest BCUT2D eigenvalue weighted by molar-refractivity contribution is 0.355. The van der Waals surface area contributed by atoms with Gasteiger partial charge in [-0.3, -0.25) is 0 Å². The van der Waals surface area contributed by atoms with E-state index in [1.165, 1.54) is 0 Å². The average molecular weight is 320 g/mol. The molecule has 120 valence electrons. The Labute approximate surface area is 139 Å². The topological polar surface area (TPSA) is 73.0 Å². The van der Waals surface area contributed by atoms with Crippen LogP contribution in [0.2, 0.25) is 0 Å². The number of nitriles is 1. The maximum Gasteiger partial charge on any atom is 0.178 e. The number of rotatable bonds is 4. The van der Waals surface area contributed by atoms with Gasteiger partial charge in [0.15, 0.2) is 23.0 Å². The van der Waals surface area contributed by atoms with Crippen LogP contribution in [-0.2, 0) is 7.05 Å². The van der Waals surface area contributed by atoms with E-state index < -0.39 is 0 Å². The maximum atomic E-state index is 9.57. The lowest BCUT2D eigenvalue weighted by Crippen LogP contribution is -1.96. The zero-order valence-corrected chi connectivity index (χ0v) is 13.6. The number of allylic oxidation sites excluding steroid dienone is 1. The molecular formula is C18H16N4O2. The van der Waals surface area contributed by atoms with Crippen LogP contribution in [0.3, 0.4) is 0 Å². The highest BCUT2D eigenvalue weighted by molar-refractivity contribution is 5.90. The van der Waals surface area contributed by atoms with E-state index in [1.807, 2.05) is 35.9 Å². The first kappa shape index (κ1) is 15.6. The molecule has 0 spiro atoms. The van der Waals surface area contributed by atoms with E-state index in [9.17, 15) is 5.26 Å². The Morgan fingerprint density at radius 2 is 2.00 bits per heavy atom. The molecule has 2 aromatic heterocycles. The van der Waals surface area contributed by atoms with Crippen LogP contribution >= 0.6 is 0 Å². The summed E-state index contributed by atoms with van der Waals surface area (Å²) in [7, 11) is 5.03. The van der Waals surface area contributed by atoms with Gasteiger partial charge in [0.1, 0.15) is 6.07 Å². The second-order valence-electron chi connectivity index (χ2n) is 5.12. The van der Waals surface area contributed by atoms with Crippen molar-refractivity contribution >= 4 is 22.8 Å². The van der Waals surface area contributed by atoms with Gasteiger partial charge in [-0.15, -0.1) is 0 Å². The van der Waals surface area contributed by atoms with Crippen LogP contribution in [0.15, 0.2) is 36.5 Å². The Hall–Kier alpha value is -3.33. The molecule has 3 rings (SSSR count). The average Bonchev–Trinajstić information content (AvgIpc) is 2.96. The van der Waals surface area contributed by atoms with Gasteiger partial charge in [0.25, 0.3) is 0 Å². The van der Waals surface area contributed by atoms with Crippen molar-refractivity contribution in [1.29, 1.82) is 5.26 Å². The molecule has 0 N–H and O–H groups in total. The number of benzene rings is 1. The van der Waals surface area contributed by atoms with Gasteiger partial charge in [0.05, 0.1) is 25.3 Å². The molecule has 0 saturated heterocycles. The number of hydrogen-bond donors (Lipinski definition) is 0. The molecule has 0 bridgehead atoms. The zero-order valence-electron chi connectivity index (χ0n) is 13.6. The third kappa shape index (κ3) is 2.68. The van der Waals surface area contributed by atoms with Gasteiger partial charge in [-0.05, 0) is 35.9 Å². The SMILES string of the molecule is COc1ccc(C=C(C#N)c2nc3ncccc3n2C)cc1OC. The number of aromatic nitrogens is 3. The minimum Gasteiger partial charge on any atom is -0.493 e. The Kier molecular flexibility index (Phi) is 4.17. The minimum absolute atomic E-state index is 0.447. The summed E-state index contributed by atoms with van der Waals surface area (Å²) in [5.74, 6) is 1.82. The second kappa shape index (κ2) is 6.42. The molecule has 6 heteroatoms. The standard InChI is InChI=1S/C18H16N4O2/c1-22-14-5-4-8-20-17(14)21-18(22)13(11-19)9-12-6-7-15(23-2)16(10-12)24-3/h4-10H,1-3H3. The molecule has 6 nitrogen and oxygen atoms in total. The summed E-state index contributed by atoms with van der Waals surface area (Å²) in [6, 6.07) is 11.5. The van der Waals surface area contributed by atoms with Crippen molar-refractivity contribution in [2.45, 2.75) is 0 Å². The normalized spacial score (nSPS) is 11.3. The highest BCUT2D eigenvalue weighted by Gasteiger charge is 2.13. The fraction of sp³-hybridized carbons (Fsp3) is 0.167. The molecule has 24 heavy (non-hydrogen) atoms. The first-order chi connectivity index (χ1) is 11.7. The van der Waals surface area contributed by atoms with Gasteiger partial charge in [-0.2, -0.15) is 5.26 Å². The first-order valence-corrected chi connectivity index (χ1v) is 7.29. The van der Waals surface area contributed by atoms with Crippen LogP contribution in [0.5, 0.6) is 11.5 Å². The van der Waals surface area contributed by atoms with Crippen molar-refractivity contribution in [2.75, 3.05) is 14.2 Å². The Bertz CT molecular complexity index is 967. The predicted octanol–water partition coefficient (Wildman–Crippen LogP) is 3.05. The number of hydrogen-bond acceptors (Lipinski definition) is 5. The molecule has 0 saturated carbocycles. The van der Waals surface area contributed by atoms with E-state index in [-0.39, 0.29) is 0 Å². The summed E-state index contributed by atoms with van der Waals surface area (Å²) < 4.78 is 12.4. The number of methoxy groups -OCH3 is 2. The van der Waals surface area contributed by atoms with E-state index in [0.717, 1.165) is 11.1 Å². The Balaban J connectivity index is 2.09. The van der Waals surface area contributed by atoms with Gasteiger partial charge in [0, 0.05) is 13.2 Å². The van der Waals surface area contributed by atoms with Gasteiger partial charge >= 0.3 is 0 Å². The molecule has 0 fully saturated rings. The third-order valence-electron chi connectivity index (χ3n) is 3.74. The van der Waals surface area contributed by atoms with Gasteiger partial charge in [0.2, 0.25) is 0 Å². The van der Waals surface area contributed by atoms with Crippen molar-refractivity contribution in [1.82, 2.24) is 14.5 Å². The summed E-state index contributed by atoms with van der Waals surface area (Å²) in [4.78, 5) is 8.69. The highest BCUT2D eigenvalue weighted by atomic mass is 16.5. The molecule has 2 heterocycles. The van der Waals surface area contributed by atoms with E-state index in [2.05, 4.69) is 16.0 Å². The molecule has 0 aliphatic heterocycles. The zero-order chi connectivity index (χ0) is 17.1. The third-order valence-corrected chi connectivity index (χ3v) is 3.74. The molecule has 0 aliphatic carbocycles. The van der Waals surface area contributed by atoms with Crippen LogP contribution < -0.4 is 9.47 Å². The lowest BCUT2D eigenvalue weighted by atomic mass is 10.1. The van der Waals surface area contributed by atoms with E-state index in [4.69, 9.17) is 9.47 Å². The largest absolute Gasteiger partial charge is 0.493 e. The monoisotopic (exact) mass is 320 g/mol. The van der Waals surface area contributed by atoms with E-state index >= 15 is 0 Å².